The van der Waals surface area contributed by atoms with Gasteiger partial charge < -0.3 is 19.4 Å². The van der Waals surface area contributed by atoms with E-state index in [0.29, 0.717) is 11.0 Å². The zero-order chi connectivity index (χ0) is 19.9. The molecule has 1 N–H and O–H groups in total. The Bertz CT molecular complexity index is 705. The van der Waals surface area contributed by atoms with Gasteiger partial charge in [0.1, 0.15) is 0 Å². The predicted octanol–water partition coefficient (Wildman–Crippen LogP) is 2.30. The number of ether oxygens (including phenoxy) is 1. The monoisotopic (exact) mass is 361 g/mol. The molecule has 0 aromatic heterocycles. The first-order chi connectivity index (χ1) is 11.8. The quantitative estimate of drug-likeness (QED) is 0.661. The van der Waals surface area contributed by atoms with Gasteiger partial charge in [0.25, 0.3) is 5.91 Å². The second kappa shape index (κ2) is 6.70. The molecule has 0 aliphatic carbocycles. The summed E-state index contributed by atoms with van der Waals surface area (Å²) < 4.78 is 16.9. The lowest BCUT2D eigenvalue weighted by atomic mass is 9.77. The fourth-order valence-corrected chi connectivity index (χ4v) is 2.55. The number of rotatable bonds is 3. The van der Waals surface area contributed by atoms with E-state index in [0.717, 1.165) is 0 Å². The summed E-state index contributed by atoms with van der Waals surface area (Å²) in [7, 11) is 0.629. The largest absolute Gasteiger partial charge is 0.494 e. The Morgan fingerprint density at radius 3 is 1.96 bits per heavy atom. The minimum Gasteiger partial charge on any atom is -0.465 e. The number of nitrogens with one attached hydrogen (secondary N) is 1. The zero-order valence-electron chi connectivity index (χ0n) is 16.9. The highest BCUT2D eigenvalue weighted by molar-refractivity contribution is 6.62. The first kappa shape index (κ1) is 20.5. The van der Waals surface area contributed by atoms with Crippen LogP contribution in [0.15, 0.2) is 18.2 Å². The Hall–Kier alpha value is -1.86. The number of benzene rings is 1. The summed E-state index contributed by atoms with van der Waals surface area (Å²) in [6.07, 6.45) is 0. The number of carbonyl (C=O) groups is 2. The van der Waals surface area contributed by atoms with Crippen molar-refractivity contribution in [1.82, 2.24) is 5.32 Å². The van der Waals surface area contributed by atoms with Gasteiger partial charge in [0.05, 0.1) is 23.9 Å². The first-order valence-corrected chi connectivity index (χ1v) is 8.67. The van der Waals surface area contributed by atoms with Crippen molar-refractivity contribution < 1.29 is 23.6 Å². The van der Waals surface area contributed by atoms with Gasteiger partial charge in [-0.25, -0.2) is 4.79 Å². The molecule has 0 atom stereocenters. The summed E-state index contributed by atoms with van der Waals surface area (Å²) in [5.41, 5.74) is -0.209. The fraction of sp³-hybridized carbons (Fsp3) is 0.579. The molecule has 26 heavy (non-hydrogen) atoms. The molecule has 1 aromatic carbocycles. The van der Waals surface area contributed by atoms with E-state index in [2.05, 4.69) is 5.32 Å². The molecule has 0 unspecified atom stereocenters. The third-order valence-corrected chi connectivity index (χ3v) is 4.65. The average Bonchev–Trinajstić information content (AvgIpc) is 2.72. The van der Waals surface area contributed by atoms with Crippen molar-refractivity contribution in [3.05, 3.63) is 29.3 Å². The highest BCUT2D eigenvalue weighted by atomic mass is 16.7. The van der Waals surface area contributed by atoms with E-state index < -0.39 is 29.8 Å². The van der Waals surface area contributed by atoms with Crippen LogP contribution in [-0.2, 0) is 14.0 Å². The van der Waals surface area contributed by atoms with Gasteiger partial charge >= 0.3 is 13.1 Å². The highest BCUT2D eigenvalue weighted by Gasteiger charge is 2.51. The number of esters is 1. The molecule has 1 aliphatic heterocycles. The maximum Gasteiger partial charge on any atom is 0.494 e. The minimum atomic E-state index is -0.675. The van der Waals surface area contributed by atoms with E-state index in [1.165, 1.54) is 13.2 Å². The molecule has 1 aliphatic rings. The molecule has 142 valence electrons. The summed E-state index contributed by atoms with van der Waals surface area (Å²) in [5.74, 6) is -0.797. The van der Waals surface area contributed by atoms with Crippen LogP contribution >= 0.6 is 0 Å². The van der Waals surface area contributed by atoms with Gasteiger partial charge in [-0.05, 0) is 72.1 Å². The van der Waals surface area contributed by atoms with Gasteiger partial charge in [-0.2, -0.15) is 0 Å². The van der Waals surface area contributed by atoms with E-state index >= 15 is 0 Å². The van der Waals surface area contributed by atoms with Crippen molar-refractivity contribution >= 4 is 24.5 Å². The van der Waals surface area contributed by atoms with Crippen LogP contribution in [0.4, 0.5) is 0 Å². The van der Waals surface area contributed by atoms with E-state index in [-0.39, 0.29) is 11.5 Å². The highest BCUT2D eigenvalue weighted by Crippen LogP contribution is 2.36. The van der Waals surface area contributed by atoms with Crippen molar-refractivity contribution in [1.29, 1.82) is 0 Å². The molecule has 0 bridgehead atoms. The zero-order valence-corrected chi connectivity index (χ0v) is 16.9. The van der Waals surface area contributed by atoms with Crippen molar-refractivity contribution in [2.24, 2.45) is 0 Å². The van der Waals surface area contributed by atoms with Gasteiger partial charge in [0.15, 0.2) is 0 Å². The van der Waals surface area contributed by atoms with E-state index in [1.807, 2.05) is 48.5 Å². The third-order valence-electron chi connectivity index (χ3n) is 4.65. The fourth-order valence-electron chi connectivity index (χ4n) is 2.55. The van der Waals surface area contributed by atoms with E-state index in [1.54, 1.807) is 12.1 Å². The van der Waals surface area contributed by atoms with Crippen molar-refractivity contribution in [3.63, 3.8) is 0 Å². The molecule has 7 heteroatoms. The summed E-state index contributed by atoms with van der Waals surface area (Å²) >= 11 is 0. The van der Waals surface area contributed by atoms with Crippen molar-refractivity contribution in [3.8, 4) is 0 Å². The van der Waals surface area contributed by atoms with E-state index in [4.69, 9.17) is 14.0 Å². The Balaban J connectivity index is 2.45. The molecular weight excluding hydrogens is 333 g/mol. The Kier molecular flexibility index (Phi) is 5.28. The summed E-state index contributed by atoms with van der Waals surface area (Å²) in [6, 6.07) is 4.85. The maximum absolute atomic E-state index is 12.6. The predicted molar refractivity (Wildman–Crippen MR) is 101 cm³/mol. The normalized spacial score (nSPS) is 18.5. The standard InChI is InChI=1S/C19H28BNO5/c1-17(2,3)21-15(22)12-9-13(16(23)24-8)11-14(10-12)20-25-18(4,5)19(6,7)26-20/h9-11H,1-8H3,(H,21,22). The molecule has 1 amide bonds. The molecule has 0 saturated carbocycles. The molecule has 2 rings (SSSR count). The lowest BCUT2D eigenvalue weighted by molar-refractivity contribution is 0.00578. The lowest BCUT2D eigenvalue weighted by Gasteiger charge is -2.32. The van der Waals surface area contributed by atoms with Crippen LogP contribution < -0.4 is 10.8 Å². The van der Waals surface area contributed by atoms with Crippen LogP contribution in [0, 0.1) is 0 Å². The number of carbonyl (C=O) groups excluding carboxylic acids is 2. The number of methoxy groups -OCH3 is 1. The molecule has 0 radical (unpaired) electrons. The minimum absolute atomic E-state index is 0.277. The lowest BCUT2D eigenvalue weighted by Crippen LogP contribution is -2.42. The van der Waals surface area contributed by atoms with Gasteiger partial charge in [0, 0.05) is 11.1 Å². The molecule has 6 nitrogen and oxygen atoms in total. The van der Waals surface area contributed by atoms with Gasteiger partial charge in [-0.15, -0.1) is 0 Å². The van der Waals surface area contributed by atoms with E-state index in [9.17, 15) is 9.59 Å². The average molecular weight is 361 g/mol. The van der Waals surface area contributed by atoms with Gasteiger partial charge in [-0.1, -0.05) is 0 Å². The molecular formula is C19H28BNO5. The van der Waals surface area contributed by atoms with Crippen molar-refractivity contribution in [2.45, 2.75) is 65.2 Å². The molecule has 1 heterocycles. The Morgan fingerprint density at radius 1 is 1.00 bits per heavy atom. The number of hydrogen-bond acceptors (Lipinski definition) is 5. The van der Waals surface area contributed by atoms with Crippen LogP contribution in [0.25, 0.3) is 0 Å². The third kappa shape index (κ3) is 4.27. The summed E-state index contributed by atoms with van der Waals surface area (Å²) in [6.45, 7) is 13.5. The van der Waals surface area contributed by atoms with Crippen LogP contribution in [0.5, 0.6) is 0 Å². The Morgan fingerprint density at radius 2 is 1.50 bits per heavy atom. The Labute approximate surface area is 155 Å². The molecule has 0 spiro atoms. The van der Waals surface area contributed by atoms with Crippen LogP contribution in [0.3, 0.4) is 0 Å². The SMILES string of the molecule is COC(=O)c1cc(B2OC(C)(C)C(C)(C)O2)cc(C(=O)NC(C)(C)C)c1. The number of hydrogen-bond donors (Lipinski definition) is 1. The summed E-state index contributed by atoms with van der Waals surface area (Å²) in [4.78, 5) is 24.7. The molecule has 1 fully saturated rings. The second-order valence-corrected chi connectivity index (χ2v) is 8.63. The smallest absolute Gasteiger partial charge is 0.465 e. The topological polar surface area (TPSA) is 73.9 Å². The molecule has 1 aromatic rings. The van der Waals surface area contributed by atoms with Gasteiger partial charge in [-0.3, -0.25) is 4.79 Å². The maximum atomic E-state index is 12.6. The number of amides is 1. The van der Waals surface area contributed by atoms with Crippen LogP contribution in [0.1, 0.15) is 69.2 Å². The second-order valence-electron chi connectivity index (χ2n) is 8.63. The van der Waals surface area contributed by atoms with Crippen molar-refractivity contribution in [2.75, 3.05) is 7.11 Å². The molecule has 1 saturated heterocycles. The van der Waals surface area contributed by atoms with Gasteiger partial charge in [0.2, 0.25) is 0 Å². The van der Waals surface area contributed by atoms with Crippen LogP contribution in [0.2, 0.25) is 0 Å². The first-order valence-electron chi connectivity index (χ1n) is 8.67. The van der Waals surface area contributed by atoms with Crippen LogP contribution in [-0.4, -0.2) is 42.8 Å². The summed E-state index contributed by atoms with van der Waals surface area (Å²) in [5, 5.41) is 2.90.